The molecule has 0 amide bonds. The number of rotatable bonds is 7. The molecule has 0 radical (unpaired) electrons. The minimum Gasteiger partial charge on any atom is -0.389 e. The van der Waals surface area contributed by atoms with Crippen LogP contribution in [0.1, 0.15) is 18.9 Å². The summed E-state index contributed by atoms with van der Waals surface area (Å²) in [5.74, 6) is 0. The SMILES string of the molecule is COCCC(C)(O)CNCc1ccc(Cl)cc1Br. The molecule has 1 unspecified atom stereocenters. The molecule has 2 N–H and O–H groups in total. The van der Waals surface area contributed by atoms with E-state index in [1.54, 1.807) is 14.0 Å². The first-order valence-corrected chi connectivity index (χ1v) is 6.98. The van der Waals surface area contributed by atoms with Crippen LogP contribution in [-0.4, -0.2) is 31.0 Å². The van der Waals surface area contributed by atoms with Gasteiger partial charge in [-0.05, 0) is 24.6 Å². The van der Waals surface area contributed by atoms with Crippen LogP contribution in [0.4, 0.5) is 0 Å². The Labute approximate surface area is 122 Å². The van der Waals surface area contributed by atoms with Crippen molar-refractivity contribution in [1.29, 1.82) is 0 Å². The third-order valence-corrected chi connectivity index (χ3v) is 3.65. The maximum Gasteiger partial charge on any atom is 0.0765 e. The summed E-state index contributed by atoms with van der Waals surface area (Å²) >= 11 is 9.34. The molecule has 1 aromatic carbocycles. The predicted molar refractivity (Wildman–Crippen MR) is 78.0 cm³/mol. The Morgan fingerprint density at radius 2 is 2.22 bits per heavy atom. The largest absolute Gasteiger partial charge is 0.389 e. The number of halogens is 2. The van der Waals surface area contributed by atoms with E-state index in [4.69, 9.17) is 16.3 Å². The fraction of sp³-hybridized carbons (Fsp3) is 0.538. The smallest absolute Gasteiger partial charge is 0.0765 e. The average Bonchev–Trinajstić information content (AvgIpc) is 2.29. The third kappa shape index (κ3) is 5.67. The molecule has 1 atom stereocenters. The highest BCUT2D eigenvalue weighted by Gasteiger charge is 2.19. The summed E-state index contributed by atoms with van der Waals surface area (Å²) in [4.78, 5) is 0. The van der Waals surface area contributed by atoms with Gasteiger partial charge in [0.05, 0.1) is 5.60 Å². The fourth-order valence-corrected chi connectivity index (χ4v) is 2.36. The number of benzene rings is 1. The van der Waals surface area contributed by atoms with Crippen molar-refractivity contribution in [3.63, 3.8) is 0 Å². The van der Waals surface area contributed by atoms with Crippen molar-refractivity contribution in [3.05, 3.63) is 33.3 Å². The maximum atomic E-state index is 10.1. The molecule has 0 fully saturated rings. The van der Waals surface area contributed by atoms with Gasteiger partial charge in [0.1, 0.15) is 0 Å². The van der Waals surface area contributed by atoms with Gasteiger partial charge in [0.2, 0.25) is 0 Å². The molecule has 18 heavy (non-hydrogen) atoms. The Morgan fingerprint density at radius 3 is 2.83 bits per heavy atom. The summed E-state index contributed by atoms with van der Waals surface area (Å²) in [6, 6.07) is 5.68. The lowest BCUT2D eigenvalue weighted by Gasteiger charge is -2.23. The molecule has 0 aliphatic heterocycles. The van der Waals surface area contributed by atoms with Gasteiger partial charge in [0.15, 0.2) is 0 Å². The molecular formula is C13H19BrClNO2. The van der Waals surface area contributed by atoms with E-state index in [9.17, 15) is 5.11 Å². The fourth-order valence-electron chi connectivity index (χ4n) is 1.54. The second kappa shape index (κ2) is 7.46. The molecule has 3 nitrogen and oxygen atoms in total. The van der Waals surface area contributed by atoms with Gasteiger partial charge in [-0.1, -0.05) is 33.6 Å². The van der Waals surface area contributed by atoms with Gasteiger partial charge in [0, 0.05) is 42.7 Å². The minimum atomic E-state index is -0.755. The van der Waals surface area contributed by atoms with Crippen LogP contribution in [-0.2, 0) is 11.3 Å². The van der Waals surface area contributed by atoms with Crippen molar-refractivity contribution >= 4 is 27.5 Å². The maximum absolute atomic E-state index is 10.1. The number of aliphatic hydroxyl groups is 1. The first kappa shape index (κ1) is 15.9. The van der Waals surface area contributed by atoms with Gasteiger partial charge in [-0.3, -0.25) is 0 Å². The van der Waals surface area contributed by atoms with Crippen LogP contribution in [0.15, 0.2) is 22.7 Å². The second-order valence-electron chi connectivity index (χ2n) is 4.58. The van der Waals surface area contributed by atoms with Gasteiger partial charge in [-0.2, -0.15) is 0 Å². The minimum absolute atomic E-state index is 0.519. The highest BCUT2D eigenvalue weighted by molar-refractivity contribution is 9.10. The Morgan fingerprint density at radius 1 is 1.50 bits per heavy atom. The Balaban J connectivity index is 2.41. The summed E-state index contributed by atoms with van der Waals surface area (Å²) < 4.78 is 5.94. The molecule has 0 aliphatic carbocycles. The van der Waals surface area contributed by atoms with Crippen LogP contribution in [0.3, 0.4) is 0 Å². The molecule has 5 heteroatoms. The van der Waals surface area contributed by atoms with Crippen molar-refractivity contribution in [2.45, 2.75) is 25.5 Å². The van der Waals surface area contributed by atoms with Crippen LogP contribution in [0.25, 0.3) is 0 Å². The lowest BCUT2D eigenvalue weighted by molar-refractivity contribution is 0.0247. The van der Waals surface area contributed by atoms with E-state index in [-0.39, 0.29) is 0 Å². The van der Waals surface area contributed by atoms with Gasteiger partial charge < -0.3 is 15.2 Å². The van der Waals surface area contributed by atoms with E-state index in [0.717, 1.165) is 10.0 Å². The number of ether oxygens (including phenoxy) is 1. The van der Waals surface area contributed by atoms with Crippen molar-refractivity contribution in [2.24, 2.45) is 0 Å². The summed E-state index contributed by atoms with van der Waals surface area (Å²) in [5.41, 5.74) is 0.358. The van der Waals surface area contributed by atoms with Crippen LogP contribution in [0.5, 0.6) is 0 Å². The van der Waals surface area contributed by atoms with Gasteiger partial charge in [-0.15, -0.1) is 0 Å². The molecule has 0 aromatic heterocycles. The van der Waals surface area contributed by atoms with Crippen LogP contribution in [0, 0.1) is 0 Å². The molecular weight excluding hydrogens is 318 g/mol. The molecule has 0 spiro atoms. The summed E-state index contributed by atoms with van der Waals surface area (Å²) in [6.07, 6.45) is 0.609. The topological polar surface area (TPSA) is 41.5 Å². The van der Waals surface area contributed by atoms with E-state index >= 15 is 0 Å². The highest BCUT2D eigenvalue weighted by atomic mass is 79.9. The first-order chi connectivity index (χ1) is 8.44. The van der Waals surface area contributed by atoms with Crippen LogP contribution >= 0.6 is 27.5 Å². The quantitative estimate of drug-likeness (QED) is 0.804. The Hall–Kier alpha value is -0.130. The summed E-state index contributed by atoms with van der Waals surface area (Å²) in [5, 5.41) is 14.0. The van der Waals surface area contributed by atoms with Crippen molar-refractivity contribution < 1.29 is 9.84 Å². The molecule has 0 bridgehead atoms. The normalized spacial score (nSPS) is 14.5. The van der Waals surface area contributed by atoms with Gasteiger partial charge >= 0.3 is 0 Å². The zero-order valence-electron chi connectivity index (χ0n) is 10.7. The van der Waals surface area contributed by atoms with E-state index in [2.05, 4.69) is 21.2 Å². The summed E-state index contributed by atoms with van der Waals surface area (Å²) in [6.45, 7) is 3.56. The van der Waals surface area contributed by atoms with E-state index in [0.29, 0.717) is 31.1 Å². The zero-order chi connectivity index (χ0) is 13.6. The van der Waals surface area contributed by atoms with Gasteiger partial charge in [-0.25, -0.2) is 0 Å². The third-order valence-electron chi connectivity index (χ3n) is 2.68. The number of nitrogens with one attached hydrogen (secondary N) is 1. The average molecular weight is 337 g/mol. The molecule has 0 saturated heterocycles. The van der Waals surface area contributed by atoms with Crippen LogP contribution in [0.2, 0.25) is 5.02 Å². The lowest BCUT2D eigenvalue weighted by Crippen LogP contribution is -2.38. The lowest BCUT2D eigenvalue weighted by atomic mass is 10.0. The second-order valence-corrected chi connectivity index (χ2v) is 5.87. The molecule has 1 aromatic rings. The molecule has 102 valence electrons. The predicted octanol–water partition coefficient (Wildman–Crippen LogP) is 2.98. The highest BCUT2D eigenvalue weighted by Crippen LogP contribution is 2.21. The van der Waals surface area contributed by atoms with Crippen molar-refractivity contribution in [1.82, 2.24) is 5.32 Å². The Bertz CT molecular complexity index is 385. The number of methoxy groups -OCH3 is 1. The van der Waals surface area contributed by atoms with Gasteiger partial charge in [0.25, 0.3) is 0 Å². The molecule has 0 heterocycles. The molecule has 1 rings (SSSR count). The number of hydrogen-bond acceptors (Lipinski definition) is 3. The molecule has 0 aliphatic rings. The molecule has 0 saturated carbocycles. The van der Waals surface area contributed by atoms with E-state index in [1.165, 1.54) is 0 Å². The monoisotopic (exact) mass is 335 g/mol. The Kier molecular flexibility index (Phi) is 6.60. The van der Waals surface area contributed by atoms with Crippen LogP contribution < -0.4 is 5.32 Å². The van der Waals surface area contributed by atoms with Crippen molar-refractivity contribution in [2.75, 3.05) is 20.3 Å². The van der Waals surface area contributed by atoms with E-state index < -0.39 is 5.60 Å². The number of hydrogen-bond donors (Lipinski definition) is 2. The van der Waals surface area contributed by atoms with E-state index in [1.807, 2.05) is 18.2 Å². The van der Waals surface area contributed by atoms with Crippen molar-refractivity contribution in [3.8, 4) is 0 Å². The zero-order valence-corrected chi connectivity index (χ0v) is 13.0. The standard InChI is InChI=1S/C13H19BrClNO2/c1-13(17,5-6-18-2)9-16-8-10-3-4-11(15)7-12(10)14/h3-4,7,16-17H,5-6,8-9H2,1-2H3. The summed E-state index contributed by atoms with van der Waals surface area (Å²) in [7, 11) is 1.63. The first-order valence-electron chi connectivity index (χ1n) is 5.80.